The van der Waals surface area contributed by atoms with Gasteiger partial charge in [-0.2, -0.15) is 0 Å². The van der Waals surface area contributed by atoms with E-state index in [1.54, 1.807) is 0 Å². The van der Waals surface area contributed by atoms with Crippen LogP contribution in [-0.4, -0.2) is 0 Å². The molecular weight excluding hydrogens is 813 g/mol. The number of thioether (sulfide) groups is 1. The number of hydrogen-bond acceptors (Lipinski definition) is 4. The number of anilines is 5. The molecule has 2 aliphatic heterocycles. The fraction of sp³-hybridized carbons (Fsp3) is 0.0333. The molecular formula is C60H40N2S2. The molecule has 302 valence electrons. The van der Waals surface area contributed by atoms with Crippen LogP contribution in [0.25, 0.3) is 65.7 Å². The minimum atomic E-state index is 1.05. The predicted octanol–water partition coefficient (Wildman–Crippen LogP) is 17.9. The van der Waals surface area contributed by atoms with Crippen LogP contribution < -0.4 is 9.80 Å². The zero-order valence-corrected chi connectivity index (χ0v) is 36.5. The van der Waals surface area contributed by atoms with Crippen LogP contribution in [0.2, 0.25) is 0 Å². The topological polar surface area (TPSA) is 6.48 Å². The summed E-state index contributed by atoms with van der Waals surface area (Å²) in [7, 11) is 0. The molecule has 0 radical (unpaired) electrons. The number of hydrogen-bond donors (Lipinski definition) is 0. The molecule has 0 saturated heterocycles. The summed E-state index contributed by atoms with van der Waals surface area (Å²) >= 11 is 3.78. The number of para-hydroxylation sites is 3. The standard InChI is InChI=1S/C60H40N2S2/c1-2-18-40(19-3-1)59-47-35-33-42(62-53-27-10-14-31-57(53)64-58-32-15-11-28-54(58)62)38-50(47)60(46-23-7-6-22-45(46)44-24-16-20-39-17-4-5-21-43(39)44)48-36-34-41(37-49(48)59)61-51-25-8-12-29-55(51)63-56-30-13-9-26-52(56)61/h1-12,14-29,31-38H,13,30H2. The fourth-order valence-corrected chi connectivity index (χ4v) is 12.5. The van der Waals surface area contributed by atoms with E-state index in [2.05, 4.69) is 228 Å². The van der Waals surface area contributed by atoms with Crippen molar-refractivity contribution in [1.29, 1.82) is 0 Å². The van der Waals surface area contributed by atoms with Gasteiger partial charge in [0.15, 0.2) is 0 Å². The molecule has 0 bridgehead atoms. The van der Waals surface area contributed by atoms with Crippen molar-refractivity contribution in [2.45, 2.75) is 27.5 Å². The van der Waals surface area contributed by atoms with Crippen molar-refractivity contribution < 1.29 is 0 Å². The second-order valence-electron chi connectivity index (χ2n) is 16.7. The molecule has 0 atom stereocenters. The van der Waals surface area contributed by atoms with Gasteiger partial charge in [-0.25, -0.2) is 0 Å². The van der Waals surface area contributed by atoms with Gasteiger partial charge in [-0.15, -0.1) is 0 Å². The van der Waals surface area contributed by atoms with Gasteiger partial charge in [0.25, 0.3) is 0 Å². The molecule has 0 aromatic heterocycles. The van der Waals surface area contributed by atoms with Crippen LogP contribution in [0.5, 0.6) is 0 Å². The molecule has 0 spiro atoms. The van der Waals surface area contributed by atoms with E-state index in [9.17, 15) is 0 Å². The van der Waals surface area contributed by atoms with Gasteiger partial charge in [-0.1, -0.05) is 175 Å². The zero-order valence-electron chi connectivity index (χ0n) is 34.9. The number of fused-ring (bicyclic) bond motifs is 6. The Labute approximate surface area is 381 Å². The molecule has 3 aliphatic rings. The lowest BCUT2D eigenvalue weighted by Crippen LogP contribution is -2.21. The molecule has 13 rings (SSSR count). The molecule has 1 aliphatic carbocycles. The lowest BCUT2D eigenvalue weighted by atomic mass is 9.83. The molecule has 0 unspecified atom stereocenters. The summed E-state index contributed by atoms with van der Waals surface area (Å²) in [5.41, 5.74) is 14.6. The van der Waals surface area contributed by atoms with Crippen molar-refractivity contribution in [3.05, 3.63) is 229 Å². The van der Waals surface area contributed by atoms with Crippen LogP contribution in [0.15, 0.2) is 244 Å². The Balaban J connectivity index is 1.15. The summed E-state index contributed by atoms with van der Waals surface area (Å²) in [6.45, 7) is 0. The quantitative estimate of drug-likeness (QED) is 0.159. The number of allylic oxidation sites excluding steroid dienone is 3. The van der Waals surface area contributed by atoms with Crippen molar-refractivity contribution in [1.82, 2.24) is 0 Å². The van der Waals surface area contributed by atoms with E-state index >= 15 is 0 Å². The van der Waals surface area contributed by atoms with E-state index in [0.29, 0.717) is 0 Å². The maximum atomic E-state index is 2.51. The molecule has 0 N–H and O–H groups in total. The smallest absolute Gasteiger partial charge is 0.0601 e. The van der Waals surface area contributed by atoms with Gasteiger partial charge in [0.2, 0.25) is 0 Å². The molecule has 0 fully saturated rings. The highest BCUT2D eigenvalue weighted by molar-refractivity contribution is 8.03. The number of benzene rings is 10. The van der Waals surface area contributed by atoms with E-state index in [1.165, 1.54) is 114 Å². The Bertz CT molecular complexity index is 3540. The average molecular weight is 853 g/mol. The minimum Gasteiger partial charge on any atom is -0.309 e. The highest BCUT2D eigenvalue weighted by Crippen LogP contribution is 2.55. The first-order valence-electron chi connectivity index (χ1n) is 22.1. The van der Waals surface area contributed by atoms with Crippen molar-refractivity contribution >= 4 is 84.3 Å². The lowest BCUT2D eigenvalue weighted by molar-refractivity contribution is 0.969. The van der Waals surface area contributed by atoms with Crippen molar-refractivity contribution in [2.75, 3.05) is 9.80 Å². The van der Waals surface area contributed by atoms with Gasteiger partial charge < -0.3 is 9.80 Å². The van der Waals surface area contributed by atoms with Crippen LogP contribution in [0, 0.1) is 0 Å². The van der Waals surface area contributed by atoms with Gasteiger partial charge >= 0.3 is 0 Å². The Hall–Kier alpha value is -7.24. The van der Waals surface area contributed by atoms with Crippen LogP contribution in [0.3, 0.4) is 0 Å². The van der Waals surface area contributed by atoms with Gasteiger partial charge in [-0.05, 0) is 145 Å². The highest BCUT2D eigenvalue weighted by atomic mass is 32.2. The molecule has 0 saturated carbocycles. The second-order valence-corrected chi connectivity index (χ2v) is 18.9. The fourth-order valence-electron chi connectivity index (χ4n) is 10.3. The third kappa shape index (κ3) is 5.97. The molecule has 4 heteroatoms. The van der Waals surface area contributed by atoms with E-state index in [1.807, 2.05) is 23.5 Å². The average Bonchev–Trinajstić information content (AvgIpc) is 3.36. The van der Waals surface area contributed by atoms with Gasteiger partial charge in [0.1, 0.15) is 0 Å². The lowest BCUT2D eigenvalue weighted by Gasteiger charge is -2.35. The monoisotopic (exact) mass is 852 g/mol. The van der Waals surface area contributed by atoms with E-state index in [0.717, 1.165) is 18.5 Å². The first-order valence-corrected chi connectivity index (χ1v) is 23.7. The van der Waals surface area contributed by atoms with Gasteiger partial charge in [-0.3, -0.25) is 0 Å². The first kappa shape index (κ1) is 37.3. The van der Waals surface area contributed by atoms with Crippen LogP contribution >= 0.6 is 23.5 Å². The van der Waals surface area contributed by atoms with Crippen LogP contribution in [0.1, 0.15) is 12.8 Å². The number of nitrogens with zero attached hydrogens (tertiary/aromatic N) is 2. The maximum Gasteiger partial charge on any atom is 0.0601 e. The Morgan fingerprint density at radius 2 is 0.922 bits per heavy atom. The van der Waals surface area contributed by atoms with Gasteiger partial charge in [0, 0.05) is 31.0 Å². The predicted molar refractivity (Wildman–Crippen MR) is 274 cm³/mol. The number of rotatable bonds is 5. The summed E-state index contributed by atoms with van der Waals surface area (Å²) in [5.74, 6) is 0. The SMILES string of the molecule is C1=CC2=C(CC1)Sc1ccccc1N2c1ccc2c(-c3ccccc3-c3cccc4ccccc34)c3cc(N4c5ccccc5Sc5ccccc54)ccc3c(-c3ccccc3)c2c1. The van der Waals surface area contributed by atoms with Crippen molar-refractivity contribution in [3.63, 3.8) is 0 Å². The van der Waals surface area contributed by atoms with E-state index in [-0.39, 0.29) is 0 Å². The third-order valence-electron chi connectivity index (χ3n) is 13.1. The van der Waals surface area contributed by atoms with Gasteiger partial charge in [0.05, 0.1) is 22.8 Å². The zero-order chi connectivity index (χ0) is 42.1. The van der Waals surface area contributed by atoms with Crippen molar-refractivity contribution in [2.24, 2.45) is 0 Å². The van der Waals surface area contributed by atoms with E-state index < -0.39 is 0 Å². The Morgan fingerprint density at radius 1 is 0.375 bits per heavy atom. The molecule has 64 heavy (non-hydrogen) atoms. The van der Waals surface area contributed by atoms with Crippen molar-refractivity contribution in [3.8, 4) is 33.4 Å². The van der Waals surface area contributed by atoms with E-state index in [4.69, 9.17) is 0 Å². The second kappa shape index (κ2) is 15.2. The normalized spacial score (nSPS) is 14.1. The molecule has 10 aromatic carbocycles. The first-order chi connectivity index (χ1) is 31.8. The largest absolute Gasteiger partial charge is 0.309 e. The molecule has 2 nitrogen and oxygen atoms in total. The maximum absolute atomic E-state index is 2.51. The third-order valence-corrected chi connectivity index (χ3v) is 15.4. The summed E-state index contributed by atoms with van der Waals surface area (Å²) < 4.78 is 0. The van der Waals surface area contributed by atoms with Crippen LogP contribution in [-0.2, 0) is 0 Å². The molecule has 10 aromatic rings. The summed E-state index contributed by atoms with van der Waals surface area (Å²) in [6, 6.07) is 76.6. The molecule has 2 heterocycles. The minimum absolute atomic E-state index is 1.05. The summed E-state index contributed by atoms with van der Waals surface area (Å²) in [4.78, 5) is 10.2. The molecule has 0 amide bonds. The summed E-state index contributed by atoms with van der Waals surface area (Å²) in [5, 5.41) is 7.39. The Morgan fingerprint density at radius 3 is 1.67 bits per heavy atom. The Kier molecular flexibility index (Phi) is 8.89. The summed E-state index contributed by atoms with van der Waals surface area (Å²) in [6.07, 6.45) is 6.80. The van der Waals surface area contributed by atoms with Crippen LogP contribution in [0.4, 0.5) is 28.4 Å². The highest BCUT2D eigenvalue weighted by Gasteiger charge is 2.30.